The minimum Gasteiger partial charge on any atom is -0.481 e. The quantitative estimate of drug-likeness (QED) is 0.551. The summed E-state index contributed by atoms with van der Waals surface area (Å²) in [6.07, 6.45) is -1.24. The fourth-order valence-electron chi connectivity index (χ4n) is 1.25. The van der Waals surface area contributed by atoms with Crippen molar-refractivity contribution in [3.8, 4) is 0 Å². The normalized spacial score (nSPS) is 34.4. The zero-order chi connectivity index (χ0) is 9.35. The Labute approximate surface area is 69.9 Å². The number of sulfone groups is 1. The van der Waals surface area contributed by atoms with Crippen LogP contribution >= 0.6 is 0 Å². The second-order valence-corrected chi connectivity index (χ2v) is 5.14. The van der Waals surface area contributed by atoms with Gasteiger partial charge in [0.25, 0.3) is 0 Å². The predicted octanol–water partition coefficient (Wildman–Crippen LogP) is -1.13. The van der Waals surface area contributed by atoms with Gasteiger partial charge in [0.1, 0.15) is 0 Å². The monoisotopic (exact) mass is 194 g/mol. The van der Waals surface area contributed by atoms with Crippen molar-refractivity contribution in [2.45, 2.75) is 12.5 Å². The smallest absolute Gasteiger partial charge is 0.309 e. The van der Waals surface area contributed by atoms with E-state index in [1.807, 2.05) is 0 Å². The maximum atomic E-state index is 10.9. The molecule has 5 nitrogen and oxygen atoms in total. The molecule has 2 atom stereocenters. The van der Waals surface area contributed by atoms with Crippen LogP contribution in [-0.4, -0.2) is 42.2 Å². The van der Waals surface area contributed by atoms with Crippen LogP contribution in [0.4, 0.5) is 0 Å². The maximum Gasteiger partial charge on any atom is 0.309 e. The second-order valence-electron chi connectivity index (χ2n) is 2.92. The second kappa shape index (κ2) is 3.02. The molecule has 0 spiro atoms. The third-order valence-electron chi connectivity index (χ3n) is 1.95. The van der Waals surface area contributed by atoms with Crippen LogP contribution in [0.25, 0.3) is 0 Å². The molecular formula is C6H10O5S. The van der Waals surface area contributed by atoms with E-state index in [1.165, 1.54) is 0 Å². The number of aliphatic carboxylic acids is 1. The lowest BCUT2D eigenvalue weighted by Crippen LogP contribution is -2.40. The first kappa shape index (κ1) is 9.47. The van der Waals surface area contributed by atoms with Crippen LogP contribution in [-0.2, 0) is 14.6 Å². The molecule has 1 aliphatic heterocycles. The zero-order valence-corrected chi connectivity index (χ0v) is 7.12. The topological polar surface area (TPSA) is 91.7 Å². The van der Waals surface area contributed by atoms with Gasteiger partial charge in [-0.2, -0.15) is 0 Å². The molecule has 6 heteroatoms. The van der Waals surface area contributed by atoms with Gasteiger partial charge in [0.05, 0.1) is 23.5 Å². The molecule has 12 heavy (non-hydrogen) atoms. The van der Waals surface area contributed by atoms with Gasteiger partial charge in [-0.3, -0.25) is 4.79 Å². The van der Waals surface area contributed by atoms with Gasteiger partial charge in [-0.15, -0.1) is 0 Å². The number of hydrogen-bond acceptors (Lipinski definition) is 4. The molecule has 1 fully saturated rings. The van der Waals surface area contributed by atoms with Gasteiger partial charge >= 0.3 is 5.97 Å². The molecule has 0 radical (unpaired) electrons. The number of carboxylic acids is 1. The molecule has 0 saturated carbocycles. The van der Waals surface area contributed by atoms with Crippen LogP contribution in [0.3, 0.4) is 0 Å². The van der Waals surface area contributed by atoms with Crippen LogP contribution in [0.5, 0.6) is 0 Å². The first-order chi connectivity index (χ1) is 5.42. The largest absolute Gasteiger partial charge is 0.481 e. The Balaban J connectivity index is 2.72. The third-order valence-corrected chi connectivity index (χ3v) is 3.65. The number of carbonyl (C=O) groups is 1. The average molecular weight is 194 g/mol. The first-order valence-electron chi connectivity index (χ1n) is 3.54. The molecule has 0 amide bonds. The average Bonchev–Trinajstić information content (AvgIpc) is 1.83. The zero-order valence-electron chi connectivity index (χ0n) is 6.30. The third kappa shape index (κ3) is 1.95. The minimum atomic E-state index is -3.21. The number of aliphatic hydroxyl groups is 1. The van der Waals surface area contributed by atoms with Crippen molar-refractivity contribution in [2.24, 2.45) is 5.92 Å². The highest BCUT2D eigenvalue weighted by Gasteiger charge is 2.35. The van der Waals surface area contributed by atoms with Gasteiger partial charge in [-0.05, 0) is 6.42 Å². The van der Waals surface area contributed by atoms with Gasteiger partial charge in [-0.1, -0.05) is 0 Å². The van der Waals surface area contributed by atoms with E-state index in [9.17, 15) is 13.2 Å². The summed E-state index contributed by atoms with van der Waals surface area (Å²) in [5.41, 5.74) is 0. The lowest BCUT2D eigenvalue weighted by Gasteiger charge is -2.23. The number of rotatable bonds is 1. The van der Waals surface area contributed by atoms with Crippen molar-refractivity contribution in [1.29, 1.82) is 0 Å². The van der Waals surface area contributed by atoms with E-state index in [1.54, 1.807) is 0 Å². The Morgan fingerprint density at radius 3 is 2.42 bits per heavy atom. The first-order valence-corrected chi connectivity index (χ1v) is 5.36. The van der Waals surface area contributed by atoms with Crippen LogP contribution in [0, 0.1) is 5.92 Å². The molecule has 1 aliphatic rings. The van der Waals surface area contributed by atoms with Gasteiger partial charge in [0.15, 0.2) is 9.84 Å². The molecule has 2 N–H and O–H groups in total. The molecule has 1 heterocycles. The molecule has 0 bridgehead atoms. The van der Waals surface area contributed by atoms with Crippen LogP contribution in [0.1, 0.15) is 6.42 Å². The van der Waals surface area contributed by atoms with E-state index in [4.69, 9.17) is 10.2 Å². The maximum absolute atomic E-state index is 10.9. The van der Waals surface area contributed by atoms with Gasteiger partial charge < -0.3 is 10.2 Å². The summed E-state index contributed by atoms with van der Waals surface area (Å²) < 4.78 is 21.8. The van der Waals surface area contributed by atoms with E-state index in [-0.39, 0.29) is 12.2 Å². The molecular weight excluding hydrogens is 184 g/mol. The van der Waals surface area contributed by atoms with Gasteiger partial charge in [-0.25, -0.2) is 8.42 Å². The standard InChI is InChI=1S/C6H10O5S/c7-5-3-12(10,11)2-1-4(5)6(8)9/h4-5,7H,1-3H2,(H,8,9)/t4-,5+/m0/s1. The van der Waals surface area contributed by atoms with Gasteiger partial charge in [0.2, 0.25) is 0 Å². The molecule has 0 aromatic rings. The SMILES string of the molecule is O=C(O)[C@H]1CCS(=O)(=O)C[C@H]1O. The van der Waals surface area contributed by atoms with Crippen molar-refractivity contribution < 1.29 is 23.4 Å². The highest BCUT2D eigenvalue weighted by atomic mass is 32.2. The Hall–Kier alpha value is -0.620. The molecule has 70 valence electrons. The highest BCUT2D eigenvalue weighted by Crippen LogP contribution is 2.19. The summed E-state index contributed by atoms with van der Waals surface area (Å²) >= 11 is 0. The fourth-order valence-corrected chi connectivity index (χ4v) is 2.78. The summed E-state index contributed by atoms with van der Waals surface area (Å²) in [5, 5.41) is 17.6. The molecule has 1 rings (SSSR count). The van der Waals surface area contributed by atoms with E-state index >= 15 is 0 Å². The Morgan fingerprint density at radius 1 is 1.42 bits per heavy atom. The molecule has 1 saturated heterocycles. The summed E-state index contributed by atoms with van der Waals surface area (Å²) in [6, 6.07) is 0. The van der Waals surface area contributed by atoms with Crippen molar-refractivity contribution in [3.05, 3.63) is 0 Å². The predicted molar refractivity (Wildman–Crippen MR) is 40.4 cm³/mol. The molecule has 0 unspecified atom stereocenters. The summed E-state index contributed by atoms with van der Waals surface area (Å²) in [5.74, 6) is -2.61. The van der Waals surface area contributed by atoms with E-state index < -0.39 is 33.6 Å². The lowest BCUT2D eigenvalue weighted by atomic mass is 10.0. The summed E-state index contributed by atoms with van der Waals surface area (Å²) in [6.45, 7) is 0. The number of aliphatic hydroxyl groups excluding tert-OH is 1. The van der Waals surface area contributed by atoms with Crippen LogP contribution in [0.2, 0.25) is 0 Å². The van der Waals surface area contributed by atoms with Crippen molar-refractivity contribution in [3.63, 3.8) is 0 Å². The number of carboxylic acid groups (broad SMARTS) is 1. The summed E-state index contributed by atoms with van der Waals surface area (Å²) in [4.78, 5) is 10.4. The van der Waals surface area contributed by atoms with Crippen molar-refractivity contribution in [1.82, 2.24) is 0 Å². The summed E-state index contributed by atoms with van der Waals surface area (Å²) in [7, 11) is -3.21. The van der Waals surface area contributed by atoms with E-state index in [0.29, 0.717) is 0 Å². The van der Waals surface area contributed by atoms with E-state index in [0.717, 1.165) is 0 Å². The fraction of sp³-hybridized carbons (Fsp3) is 0.833. The van der Waals surface area contributed by atoms with Crippen molar-refractivity contribution >= 4 is 15.8 Å². The van der Waals surface area contributed by atoms with Crippen LogP contribution in [0.15, 0.2) is 0 Å². The lowest BCUT2D eigenvalue weighted by molar-refractivity contribution is -0.145. The minimum absolute atomic E-state index is 0.0127. The Morgan fingerprint density at radius 2 is 2.00 bits per heavy atom. The van der Waals surface area contributed by atoms with E-state index in [2.05, 4.69) is 0 Å². The van der Waals surface area contributed by atoms with Crippen molar-refractivity contribution in [2.75, 3.05) is 11.5 Å². The number of hydrogen-bond donors (Lipinski definition) is 2. The molecule has 0 aromatic carbocycles. The molecule has 0 aliphatic carbocycles. The Bertz CT molecular complexity index is 280. The Kier molecular flexibility index (Phi) is 2.39. The van der Waals surface area contributed by atoms with Gasteiger partial charge in [0, 0.05) is 0 Å². The molecule has 0 aromatic heterocycles. The van der Waals surface area contributed by atoms with Crippen LogP contribution < -0.4 is 0 Å². The highest BCUT2D eigenvalue weighted by molar-refractivity contribution is 7.91.